The maximum Gasteiger partial charge on any atom is 0.325 e. The van der Waals surface area contributed by atoms with Gasteiger partial charge in [-0.05, 0) is 42.3 Å². The SMILES string of the molecule is O=C(CCC1NC(=O)N(Cc2ccc3c(c2)OCO3)C1=O)N1CCN(c2cccc(Cl)c2)CC1. The van der Waals surface area contributed by atoms with E-state index >= 15 is 0 Å². The molecular formula is C24H25ClN4O5. The van der Waals surface area contributed by atoms with Gasteiger partial charge in [0.1, 0.15) is 6.04 Å². The number of piperazine rings is 1. The first kappa shape index (κ1) is 22.3. The molecule has 178 valence electrons. The van der Waals surface area contributed by atoms with Gasteiger partial charge in [0.15, 0.2) is 11.5 Å². The predicted octanol–water partition coefficient (Wildman–Crippen LogP) is 2.62. The Labute approximate surface area is 202 Å². The Morgan fingerprint density at radius 1 is 1.03 bits per heavy atom. The van der Waals surface area contributed by atoms with Crippen LogP contribution in [0.4, 0.5) is 10.5 Å². The van der Waals surface area contributed by atoms with Crippen LogP contribution in [0.1, 0.15) is 18.4 Å². The van der Waals surface area contributed by atoms with Crippen molar-refractivity contribution in [3.63, 3.8) is 0 Å². The summed E-state index contributed by atoms with van der Waals surface area (Å²) in [6.45, 7) is 2.94. The van der Waals surface area contributed by atoms with E-state index in [1.165, 1.54) is 4.90 Å². The predicted molar refractivity (Wildman–Crippen MR) is 125 cm³/mol. The molecule has 2 fully saturated rings. The number of ether oxygens (including phenoxy) is 2. The third-order valence-corrected chi connectivity index (χ3v) is 6.57. The van der Waals surface area contributed by atoms with Crippen molar-refractivity contribution in [1.29, 1.82) is 0 Å². The highest BCUT2D eigenvalue weighted by atomic mass is 35.5. The topological polar surface area (TPSA) is 91.4 Å². The van der Waals surface area contributed by atoms with Crippen LogP contribution in [-0.4, -0.2) is 66.7 Å². The maximum absolute atomic E-state index is 12.8. The van der Waals surface area contributed by atoms with Gasteiger partial charge in [-0.25, -0.2) is 4.79 Å². The average molecular weight is 485 g/mol. The lowest BCUT2D eigenvalue weighted by molar-refractivity contribution is -0.132. The lowest BCUT2D eigenvalue weighted by Crippen LogP contribution is -2.49. The zero-order chi connectivity index (χ0) is 23.7. The Balaban J connectivity index is 1.11. The quantitative estimate of drug-likeness (QED) is 0.634. The smallest absolute Gasteiger partial charge is 0.325 e. The monoisotopic (exact) mass is 484 g/mol. The molecule has 3 aliphatic heterocycles. The van der Waals surface area contributed by atoms with E-state index in [1.54, 1.807) is 18.2 Å². The largest absolute Gasteiger partial charge is 0.454 e. The van der Waals surface area contributed by atoms with Crippen LogP contribution in [0, 0.1) is 0 Å². The van der Waals surface area contributed by atoms with Crippen LogP contribution < -0.4 is 19.7 Å². The molecule has 0 bridgehead atoms. The van der Waals surface area contributed by atoms with Gasteiger partial charge in [-0.2, -0.15) is 0 Å². The van der Waals surface area contributed by atoms with Gasteiger partial charge in [-0.3, -0.25) is 14.5 Å². The number of amides is 4. The third kappa shape index (κ3) is 4.61. The van der Waals surface area contributed by atoms with Crippen LogP contribution >= 0.6 is 11.6 Å². The lowest BCUT2D eigenvalue weighted by Gasteiger charge is -2.36. The molecule has 2 aromatic rings. The van der Waals surface area contributed by atoms with E-state index in [2.05, 4.69) is 10.2 Å². The van der Waals surface area contributed by atoms with E-state index in [0.717, 1.165) is 11.3 Å². The van der Waals surface area contributed by atoms with Gasteiger partial charge in [-0.1, -0.05) is 23.7 Å². The molecule has 3 aliphatic rings. The van der Waals surface area contributed by atoms with Crippen LogP contribution in [0.25, 0.3) is 0 Å². The van der Waals surface area contributed by atoms with Gasteiger partial charge < -0.3 is 24.6 Å². The van der Waals surface area contributed by atoms with Crippen LogP contribution in [0.2, 0.25) is 5.02 Å². The van der Waals surface area contributed by atoms with E-state index in [0.29, 0.717) is 42.7 Å². The Kier molecular flexibility index (Phi) is 6.19. The molecule has 0 aliphatic carbocycles. The number of hydrogen-bond donors (Lipinski definition) is 1. The van der Waals surface area contributed by atoms with Gasteiger partial charge in [0.2, 0.25) is 12.7 Å². The van der Waals surface area contributed by atoms with Crippen LogP contribution in [0.5, 0.6) is 11.5 Å². The van der Waals surface area contributed by atoms with Gasteiger partial charge >= 0.3 is 6.03 Å². The highest BCUT2D eigenvalue weighted by molar-refractivity contribution is 6.30. The molecule has 2 aromatic carbocycles. The summed E-state index contributed by atoms with van der Waals surface area (Å²) in [5.74, 6) is 0.913. The molecule has 0 spiro atoms. The zero-order valence-corrected chi connectivity index (χ0v) is 19.3. The van der Waals surface area contributed by atoms with Gasteiger partial charge in [-0.15, -0.1) is 0 Å². The second-order valence-corrected chi connectivity index (χ2v) is 8.94. The summed E-state index contributed by atoms with van der Waals surface area (Å²) < 4.78 is 10.7. The number of nitrogens with zero attached hydrogens (tertiary/aromatic N) is 3. The minimum absolute atomic E-state index is 0.0120. The fourth-order valence-corrected chi connectivity index (χ4v) is 4.64. The number of imide groups is 1. The molecule has 4 amide bonds. The number of urea groups is 1. The Morgan fingerprint density at radius 2 is 1.82 bits per heavy atom. The summed E-state index contributed by atoms with van der Waals surface area (Å²) in [4.78, 5) is 43.1. The summed E-state index contributed by atoms with van der Waals surface area (Å²) in [5.41, 5.74) is 1.81. The van der Waals surface area contributed by atoms with E-state index in [-0.39, 0.29) is 38.0 Å². The Hall–Kier alpha value is -3.46. The van der Waals surface area contributed by atoms with Crippen molar-refractivity contribution in [1.82, 2.24) is 15.1 Å². The minimum atomic E-state index is -0.696. The Bertz CT molecular complexity index is 1120. The molecule has 2 saturated heterocycles. The fourth-order valence-electron chi connectivity index (χ4n) is 4.46. The molecule has 0 radical (unpaired) electrons. The summed E-state index contributed by atoms with van der Waals surface area (Å²) in [6, 6.07) is 11.9. The highest BCUT2D eigenvalue weighted by Crippen LogP contribution is 2.33. The number of benzene rings is 2. The minimum Gasteiger partial charge on any atom is -0.454 e. The fraction of sp³-hybridized carbons (Fsp3) is 0.375. The van der Waals surface area contributed by atoms with Crippen molar-refractivity contribution in [2.75, 3.05) is 37.9 Å². The Morgan fingerprint density at radius 3 is 2.62 bits per heavy atom. The second kappa shape index (κ2) is 9.42. The molecule has 3 heterocycles. The van der Waals surface area contributed by atoms with Crippen molar-refractivity contribution in [2.45, 2.75) is 25.4 Å². The van der Waals surface area contributed by atoms with E-state index in [4.69, 9.17) is 21.1 Å². The molecule has 0 aromatic heterocycles. The summed E-state index contributed by atoms with van der Waals surface area (Å²) in [5, 5.41) is 3.40. The number of rotatable bonds is 6. The summed E-state index contributed by atoms with van der Waals surface area (Å²) in [6.07, 6.45) is 0.473. The number of fused-ring (bicyclic) bond motifs is 1. The van der Waals surface area contributed by atoms with Crippen molar-refractivity contribution >= 4 is 35.1 Å². The van der Waals surface area contributed by atoms with Crippen molar-refractivity contribution < 1.29 is 23.9 Å². The molecule has 1 N–H and O–H groups in total. The third-order valence-electron chi connectivity index (χ3n) is 6.34. The molecule has 9 nitrogen and oxygen atoms in total. The molecule has 10 heteroatoms. The first-order valence-corrected chi connectivity index (χ1v) is 11.6. The van der Waals surface area contributed by atoms with E-state index < -0.39 is 12.1 Å². The van der Waals surface area contributed by atoms with Gasteiger partial charge in [0.05, 0.1) is 6.54 Å². The number of anilines is 1. The molecule has 1 atom stereocenters. The van der Waals surface area contributed by atoms with Crippen molar-refractivity contribution in [3.8, 4) is 11.5 Å². The number of halogens is 1. The molecule has 0 saturated carbocycles. The van der Waals surface area contributed by atoms with Crippen molar-refractivity contribution in [2.24, 2.45) is 0 Å². The molecule has 1 unspecified atom stereocenters. The van der Waals surface area contributed by atoms with Gasteiger partial charge in [0.25, 0.3) is 5.91 Å². The van der Waals surface area contributed by atoms with Crippen LogP contribution in [-0.2, 0) is 16.1 Å². The molecule has 34 heavy (non-hydrogen) atoms. The highest BCUT2D eigenvalue weighted by Gasteiger charge is 2.38. The van der Waals surface area contributed by atoms with Crippen LogP contribution in [0.15, 0.2) is 42.5 Å². The lowest BCUT2D eigenvalue weighted by atomic mass is 10.1. The van der Waals surface area contributed by atoms with Crippen molar-refractivity contribution in [3.05, 3.63) is 53.1 Å². The normalized spacial score (nSPS) is 19.6. The molecule has 5 rings (SSSR count). The maximum atomic E-state index is 12.8. The number of nitrogens with one attached hydrogen (secondary N) is 1. The standard InChI is InChI=1S/C24H25ClN4O5/c25-17-2-1-3-18(13-17)27-8-10-28(11-9-27)22(30)7-5-19-23(31)29(24(32)26-19)14-16-4-6-20-21(12-16)34-15-33-20/h1-4,6,12-13,19H,5,7-11,14-15H2,(H,26,32). The summed E-state index contributed by atoms with van der Waals surface area (Å²) >= 11 is 6.08. The number of hydrogen-bond acceptors (Lipinski definition) is 6. The first-order chi connectivity index (χ1) is 16.5. The molecular weight excluding hydrogens is 460 g/mol. The summed E-state index contributed by atoms with van der Waals surface area (Å²) in [7, 11) is 0. The number of carbonyl (C=O) groups is 3. The zero-order valence-electron chi connectivity index (χ0n) is 18.5. The van der Waals surface area contributed by atoms with E-state index in [1.807, 2.05) is 29.2 Å². The first-order valence-electron chi connectivity index (χ1n) is 11.3. The van der Waals surface area contributed by atoms with Crippen LogP contribution in [0.3, 0.4) is 0 Å². The van der Waals surface area contributed by atoms with E-state index in [9.17, 15) is 14.4 Å². The number of carbonyl (C=O) groups excluding carboxylic acids is 3. The van der Waals surface area contributed by atoms with Gasteiger partial charge in [0, 0.05) is 43.3 Å². The second-order valence-electron chi connectivity index (χ2n) is 8.50. The average Bonchev–Trinajstić information content (AvgIpc) is 3.42.